The fourth-order valence-electron chi connectivity index (χ4n) is 5.36. The van der Waals surface area contributed by atoms with Crippen LogP contribution in [0, 0.1) is 10.8 Å². The first-order valence-corrected chi connectivity index (χ1v) is 21.7. The predicted octanol–water partition coefficient (Wildman–Crippen LogP) is 4.72. The maximum absolute atomic E-state index is 13.4. The van der Waals surface area contributed by atoms with Gasteiger partial charge in [-0.25, -0.2) is 24.5 Å². The SMILES string of the molecule is CC1(C)O[C@@H]2[C@H](O1)[C@@H](CO[Si](C)(C)C(C)(C)C)O[C@H]2n1cnc2c(NC(=O)N[C@@H](CCC(=O)OCOC(=O)C(C)(C)C)C(=O)OCOC(=O)C(C)(C)C)ncnc21. The first-order valence-electron chi connectivity index (χ1n) is 18.8. The van der Waals surface area contributed by atoms with Gasteiger partial charge in [0.15, 0.2) is 37.3 Å². The van der Waals surface area contributed by atoms with Crippen molar-refractivity contribution in [2.45, 2.75) is 144 Å². The van der Waals surface area contributed by atoms with Crippen LogP contribution in [0.15, 0.2) is 12.7 Å². The number of esters is 4. The molecule has 2 aromatic heterocycles. The molecular weight excluding hydrogens is 765 g/mol. The number of carbonyl (C=O) groups is 5. The Balaban J connectivity index is 1.47. The molecule has 0 spiro atoms. The lowest BCUT2D eigenvalue weighted by Crippen LogP contribution is -2.44. The van der Waals surface area contributed by atoms with E-state index in [1.54, 1.807) is 46.1 Å². The molecule has 2 N–H and O–H groups in total. The lowest BCUT2D eigenvalue weighted by molar-refractivity contribution is -0.199. The third kappa shape index (κ3) is 11.7. The second-order valence-corrected chi connectivity index (χ2v) is 22.8. The molecule has 0 unspecified atom stereocenters. The number of carbonyl (C=O) groups excluding carboxylic acids is 5. The van der Waals surface area contributed by atoms with Gasteiger partial charge in [0, 0.05) is 6.42 Å². The summed E-state index contributed by atoms with van der Waals surface area (Å²) in [4.78, 5) is 76.2. The molecule has 4 heterocycles. The number of ether oxygens (including phenoxy) is 7. The highest BCUT2D eigenvalue weighted by Gasteiger charge is 2.56. The second-order valence-electron chi connectivity index (χ2n) is 18.0. The number of fused-ring (bicyclic) bond motifs is 2. The van der Waals surface area contributed by atoms with Gasteiger partial charge in [0.05, 0.1) is 23.8 Å². The summed E-state index contributed by atoms with van der Waals surface area (Å²) < 4.78 is 47.3. The molecule has 4 rings (SSSR count). The molecule has 0 radical (unpaired) electrons. The Morgan fingerprint density at radius 3 is 2.05 bits per heavy atom. The second kappa shape index (κ2) is 17.3. The molecule has 2 fully saturated rings. The first kappa shape index (κ1) is 45.5. The van der Waals surface area contributed by atoms with Crippen LogP contribution in [0.5, 0.6) is 0 Å². The highest BCUT2D eigenvalue weighted by molar-refractivity contribution is 6.74. The highest BCUT2D eigenvalue weighted by atomic mass is 28.4. The fraction of sp³-hybridized carbons (Fsp3) is 0.730. The Kier molecular flexibility index (Phi) is 13.8. The number of hydrogen-bond donors (Lipinski definition) is 2. The summed E-state index contributed by atoms with van der Waals surface area (Å²) in [7, 11) is -2.12. The van der Waals surface area contributed by atoms with Crippen molar-refractivity contribution in [1.29, 1.82) is 0 Å². The van der Waals surface area contributed by atoms with Crippen LogP contribution in [0.2, 0.25) is 18.1 Å². The summed E-state index contributed by atoms with van der Waals surface area (Å²) in [6.07, 6.45) is -0.0929. The number of urea groups is 1. The molecule has 2 aliphatic rings. The number of rotatable bonds is 14. The molecule has 2 saturated heterocycles. The van der Waals surface area contributed by atoms with Crippen molar-refractivity contribution in [2.24, 2.45) is 10.8 Å². The zero-order chi connectivity index (χ0) is 42.7. The van der Waals surface area contributed by atoms with Crippen molar-refractivity contribution in [3.8, 4) is 0 Å². The number of imidazole rings is 1. The van der Waals surface area contributed by atoms with E-state index in [1.807, 2.05) is 13.8 Å². The normalized spacial score (nSPS) is 21.4. The van der Waals surface area contributed by atoms with Gasteiger partial charge in [-0.1, -0.05) is 20.8 Å². The van der Waals surface area contributed by atoms with E-state index in [9.17, 15) is 24.0 Å². The zero-order valence-corrected chi connectivity index (χ0v) is 36.2. The van der Waals surface area contributed by atoms with Crippen LogP contribution in [-0.2, 0) is 56.8 Å². The van der Waals surface area contributed by atoms with Gasteiger partial charge in [0.2, 0.25) is 13.6 Å². The smallest absolute Gasteiger partial charge is 0.331 e. The minimum Gasteiger partial charge on any atom is -0.428 e. The van der Waals surface area contributed by atoms with Crippen molar-refractivity contribution in [3.63, 3.8) is 0 Å². The van der Waals surface area contributed by atoms with Crippen molar-refractivity contribution in [3.05, 3.63) is 12.7 Å². The van der Waals surface area contributed by atoms with Crippen molar-refractivity contribution in [1.82, 2.24) is 24.8 Å². The lowest BCUT2D eigenvalue weighted by Gasteiger charge is -2.37. The summed E-state index contributed by atoms with van der Waals surface area (Å²) >= 11 is 0. The summed E-state index contributed by atoms with van der Waals surface area (Å²) in [5.41, 5.74) is -1.15. The van der Waals surface area contributed by atoms with Gasteiger partial charge in [0.25, 0.3) is 0 Å². The van der Waals surface area contributed by atoms with E-state index in [4.69, 9.17) is 37.6 Å². The number of nitrogens with zero attached hydrogens (tertiary/aromatic N) is 4. The van der Waals surface area contributed by atoms with Crippen molar-refractivity contribution < 1.29 is 61.6 Å². The zero-order valence-electron chi connectivity index (χ0n) is 35.2. The molecule has 5 atom stereocenters. The molecule has 57 heavy (non-hydrogen) atoms. The van der Waals surface area contributed by atoms with E-state index in [0.717, 1.165) is 0 Å². The van der Waals surface area contributed by atoms with Gasteiger partial charge in [-0.05, 0) is 79.9 Å². The number of hydrogen-bond acceptors (Lipinski definition) is 16. The molecule has 0 aliphatic carbocycles. The lowest BCUT2D eigenvalue weighted by atomic mass is 9.97. The summed E-state index contributed by atoms with van der Waals surface area (Å²) in [5.74, 6) is -3.91. The molecule has 0 aromatic carbocycles. The molecular formula is C37H58N6O13Si. The van der Waals surface area contributed by atoms with E-state index in [-0.39, 0.29) is 29.2 Å². The average molecular weight is 823 g/mol. The molecule has 19 nitrogen and oxygen atoms in total. The standard InChI is InChI=1S/C37H58N6O13Si/c1-34(2,3)31(46)51-19-49-23(44)15-14-21(30(45)50-20-52-32(47)35(4,5)6)41-33(48)42-27-24-28(39-17-38-27)43(18-40-24)29-26-25(55-37(10,11)56-26)22(54-29)16-53-57(12,13)36(7,8)9/h17-18,21-22,25-26,29H,14-16,19-20H2,1-13H3,(H2,38,39,41,42,48)/t21-,22+,25+,26+,29+/m0/s1. The van der Waals surface area contributed by atoms with Gasteiger partial charge in [0.1, 0.15) is 30.7 Å². The van der Waals surface area contributed by atoms with E-state index in [0.29, 0.717) is 12.3 Å². The van der Waals surface area contributed by atoms with Crippen LogP contribution in [0.1, 0.15) is 95.2 Å². The molecule has 2 amide bonds. The maximum atomic E-state index is 13.4. The first-order chi connectivity index (χ1) is 26.2. The van der Waals surface area contributed by atoms with Gasteiger partial charge in [-0.15, -0.1) is 0 Å². The quantitative estimate of drug-likeness (QED) is 0.149. The Morgan fingerprint density at radius 2 is 1.46 bits per heavy atom. The van der Waals surface area contributed by atoms with Crippen LogP contribution < -0.4 is 10.6 Å². The van der Waals surface area contributed by atoms with E-state index >= 15 is 0 Å². The largest absolute Gasteiger partial charge is 0.428 e. The molecule has 318 valence electrons. The van der Waals surface area contributed by atoms with E-state index < -0.39 is 99.0 Å². The van der Waals surface area contributed by atoms with Crippen molar-refractivity contribution >= 4 is 55.2 Å². The summed E-state index contributed by atoms with van der Waals surface area (Å²) in [6, 6.07) is -2.32. The van der Waals surface area contributed by atoms with Crippen LogP contribution >= 0.6 is 0 Å². The van der Waals surface area contributed by atoms with Crippen LogP contribution in [0.3, 0.4) is 0 Å². The molecule has 0 bridgehead atoms. The van der Waals surface area contributed by atoms with Gasteiger partial charge < -0.3 is 42.9 Å². The van der Waals surface area contributed by atoms with E-state index in [2.05, 4.69) is 59.5 Å². The van der Waals surface area contributed by atoms with E-state index in [1.165, 1.54) is 12.7 Å². The van der Waals surface area contributed by atoms with Crippen LogP contribution in [0.4, 0.5) is 10.6 Å². The number of nitrogens with one attached hydrogen (secondary N) is 2. The van der Waals surface area contributed by atoms with Gasteiger partial charge in [-0.3, -0.25) is 24.3 Å². The Hall–Kier alpha value is -4.24. The van der Waals surface area contributed by atoms with Crippen LogP contribution in [0.25, 0.3) is 11.2 Å². The minimum absolute atomic E-state index is 0.00109. The Morgan fingerprint density at radius 1 is 0.860 bits per heavy atom. The molecule has 20 heteroatoms. The number of anilines is 1. The molecule has 2 aromatic rings. The Labute approximate surface area is 333 Å². The Bertz CT molecular complexity index is 1800. The summed E-state index contributed by atoms with van der Waals surface area (Å²) in [5, 5.41) is 5.03. The molecule has 2 aliphatic heterocycles. The maximum Gasteiger partial charge on any atom is 0.331 e. The summed E-state index contributed by atoms with van der Waals surface area (Å²) in [6.45, 7) is 23.2. The average Bonchev–Trinajstić information content (AvgIpc) is 3.75. The third-order valence-electron chi connectivity index (χ3n) is 9.66. The monoisotopic (exact) mass is 822 g/mol. The number of aromatic nitrogens is 4. The van der Waals surface area contributed by atoms with Crippen molar-refractivity contribution in [2.75, 3.05) is 25.5 Å². The van der Waals surface area contributed by atoms with Crippen LogP contribution in [-0.4, -0.2) is 108 Å². The van der Waals surface area contributed by atoms with Gasteiger partial charge in [-0.2, -0.15) is 0 Å². The minimum atomic E-state index is -2.12. The predicted molar refractivity (Wildman–Crippen MR) is 204 cm³/mol. The molecule has 0 saturated carbocycles. The van der Waals surface area contributed by atoms with Gasteiger partial charge >= 0.3 is 29.9 Å². The number of amides is 2. The fourth-order valence-corrected chi connectivity index (χ4v) is 6.38. The highest BCUT2D eigenvalue weighted by Crippen LogP contribution is 2.45. The topological polar surface area (TPSA) is 227 Å². The third-order valence-corrected chi connectivity index (χ3v) is 14.2.